The summed E-state index contributed by atoms with van der Waals surface area (Å²) in [5, 5.41) is 11.5. The lowest BCUT2D eigenvalue weighted by atomic mass is 9.70. The van der Waals surface area contributed by atoms with Crippen LogP contribution in [0, 0.1) is 28.4 Å². The molecule has 0 spiro atoms. The SMILES string of the molecule is N#CC1(CN=C(N)Nc2cc(F)ccc2F)CCC1. The maximum atomic E-state index is 13.4. The molecular weight excluding hydrogens is 250 g/mol. The molecule has 1 aromatic rings. The molecule has 1 fully saturated rings. The molecule has 0 amide bonds. The molecule has 0 aliphatic heterocycles. The first-order valence-electron chi connectivity index (χ1n) is 5.98. The van der Waals surface area contributed by atoms with Crippen LogP contribution in [0.3, 0.4) is 0 Å². The normalized spacial score (nSPS) is 17.4. The summed E-state index contributed by atoms with van der Waals surface area (Å²) in [6.45, 7) is 0.277. The van der Waals surface area contributed by atoms with E-state index < -0.39 is 17.0 Å². The minimum Gasteiger partial charge on any atom is -0.370 e. The van der Waals surface area contributed by atoms with Gasteiger partial charge in [0.1, 0.15) is 11.6 Å². The molecule has 4 nitrogen and oxygen atoms in total. The van der Waals surface area contributed by atoms with Crippen LogP contribution in [0.5, 0.6) is 0 Å². The smallest absolute Gasteiger partial charge is 0.193 e. The number of halogens is 2. The van der Waals surface area contributed by atoms with Gasteiger partial charge in [0.25, 0.3) is 0 Å². The maximum absolute atomic E-state index is 13.4. The Bertz CT molecular complexity index is 544. The number of nitrogens with one attached hydrogen (secondary N) is 1. The summed E-state index contributed by atoms with van der Waals surface area (Å²) >= 11 is 0. The van der Waals surface area contributed by atoms with Crippen LogP contribution >= 0.6 is 0 Å². The molecule has 0 radical (unpaired) electrons. The molecule has 0 saturated heterocycles. The lowest BCUT2D eigenvalue weighted by Gasteiger charge is -2.33. The molecule has 0 heterocycles. The van der Waals surface area contributed by atoms with E-state index in [4.69, 9.17) is 11.0 Å². The lowest BCUT2D eigenvalue weighted by molar-refractivity contribution is 0.226. The van der Waals surface area contributed by atoms with E-state index in [1.54, 1.807) is 0 Å². The fraction of sp³-hybridized carbons (Fsp3) is 0.385. The van der Waals surface area contributed by atoms with Crippen molar-refractivity contribution in [2.75, 3.05) is 11.9 Å². The van der Waals surface area contributed by atoms with Crippen LogP contribution in [0.2, 0.25) is 0 Å². The first kappa shape index (κ1) is 13.3. The van der Waals surface area contributed by atoms with Crippen molar-refractivity contribution in [2.24, 2.45) is 16.1 Å². The van der Waals surface area contributed by atoms with Gasteiger partial charge in [-0.1, -0.05) is 6.42 Å². The van der Waals surface area contributed by atoms with Crippen molar-refractivity contribution in [1.29, 1.82) is 5.26 Å². The Labute approximate surface area is 109 Å². The first-order chi connectivity index (χ1) is 9.04. The van der Waals surface area contributed by atoms with Crippen LogP contribution < -0.4 is 11.1 Å². The van der Waals surface area contributed by atoms with Crippen molar-refractivity contribution < 1.29 is 8.78 Å². The van der Waals surface area contributed by atoms with Crippen molar-refractivity contribution in [3.05, 3.63) is 29.8 Å². The molecular formula is C13H14F2N4. The largest absolute Gasteiger partial charge is 0.370 e. The molecule has 19 heavy (non-hydrogen) atoms. The summed E-state index contributed by atoms with van der Waals surface area (Å²) in [6.07, 6.45) is 2.61. The van der Waals surface area contributed by atoms with Gasteiger partial charge in [0.2, 0.25) is 0 Å². The van der Waals surface area contributed by atoms with Crippen LogP contribution in [0.15, 0.2) is 23.2 Å². The van der Waals surface area contributed by atoms with E-state index in [1.807, 2.05) is 0 Å². The van der Waals surface area contributed by atoms with Crippen molar-refractivity contribution in [3.8, 4) is 6.07 Å². The van der Waals surface area contributed by atoms with Gasteiger partial charge in [0.15, 0.2) is 5.96 Å². The lowest BCUT2D eigenvalue weighted by Crippen LogP contribution is -2.33. The quantitative estimate of drug-likeness (QED) is 0.650. The van der Waals surface area contributed by atoms with Crippen molar-refractivity contribution in [3.63, 3.8) is 0 Å². The number of aliphatic imine (C=N–C) groups is 1. The highest BCUT2D eigenvalue weighted by Crippen LogP contribution is 2.40. The van der Waals surface area contributed by atoms with Gasteiger partial charge in [0.05, 0.1) is 23.7 Å². The molecule has 3 N–H and O–H groups in total. The van der Waals surface area contributed by atoms with Crippen LogP contribution in [-0.2, 0) is 0 Å². The number of hydrogen-bond donors (Lipinski definition) is 2. The third-order valence-corrected chi connectivity index (χ3v) is 3.29. The standard InChI is InChI=1S/C13H14F2N4/c14-9-2-3-10(15)11(6-9)19-12(17)18-8-13(7-16)4-1-5-13/h2-3,6H,1,4-5,8H2,(H3,17,18,19). The molecule has 100 valence electrons. The van der Waals surface area contributed by atoms with E-state index in [1.165, 1.54) is 0 Å². The van der Waals surface area contributed by atoms with Crippen molar-refractivity contribution in [1.82, 2.24) is 0 Å². The molecule has 0 aromatic heterocycles. The Hall–Kier alpha value is -2.16. The van der Waals surface area contributed by atoms with Gasteiger partial charge in [-0.3, -0.25) is 4.99 Å². The molecule has 0 atom stereocenters. The second-order valence-corrected chi connectivity index (χ2v) is 4.70. The number of anilines is 1. The molecule has 1 aliphatic rings. The average Bonchev–Trinajstić information content (AvgIpc) is 2.33. The van der Waals surface area contributed by atoms with Gasteiger partial charge < -0.3 is 11.1 Å². The fourth-order valence-electron chi connectivity index (χ4n) is 1.92. The molecule has 0 bridgehead atoms. The topological polar surface area (TPSA) is 74.2 Å². The van der Waals surface area contributed by atoms with Crippen molar-refractivity contribution >= 4 is 11.6 Å². The Morgan fingerprint density at radius 1 is 1.47 bits per heavy atom. The van der Waals surface area contributed by atoms with Gasteiger partial charge in [-0.25, -0.2) is 8.78 Å². The maximum Gasteiger partial charge on any atom is 0.193 e. The van der Waals surface area contributed by atoms with E-state index in [-0.39, 0.29) is 18.2 Å². The second kappa shape index (κ2) is 5.22. The number of guanidine groups is 1. The Morgan fingerprint density at radius 3 is 2.79 bits per heavy atom. The first-order valence-corrected chi connectivity index (χ1v) is 5.98. The average molecular weight is 264 g/mol. The molecule has 2 rings (SSSR count). The van der Waals surface area contributed by atoms with Gasteiger partial charge in [0, 0.05) is 6.07 Å². The van der Waals surface area contributed by atoms with E-state index in [9.17, 15) is 8.78 Å². The summed E-state index contributed by atoms with van der Waals surface area (Å²) in [5.41, 5.74) is 5.10. The van der Waals surface area contributed by atoms with Crippen LogP contribution in [0.1, 0.15) is 19.3 Å². The molecule has 6 heteroatoms. The zero-order chi connectivity index (χ0) is 13.9. The monoisotopic (exact) mass is 264 g/mol. The third-order valence-electron chi connectivity index (χ3n) is 3.29. The number of rotatable bonds is 3. The fourth-order valence-corrected chi connectivity index (χ4v) is 1.92. The minimum atomic E-state index is -0.613. The summed E-state index contributed by atoms with van der Waals surface area (Å²) < 4.78 is 26.3. The minimum absolute atomic E-state index is 0.0222. The zero-order valence-corrected chi connectivity index (χ0v) is 10.3. The Morgan fingerprint density at radius 2 is 2.21 bits per heavy atom. The predicted octanol–water partition coefficient (Wildman–Crippen LogP) is 2.39. The van der Waals surface area contributed by atoms with E-state index in [0.717, 1.165) is 37.5 Å². The highest BCUT2D eigenvalue weighted by Gasteiger charge is 2.36. The summed E-state index contributed by atoms with van der Waals surface area (Å²) in [4.78, 5) is 4.03. The number of nitrogens with zero attached hydrogens (tertiary/aromatic N) is 2. The van der Waals surface area contributed by atoms with E-state index in [0.29, 0.717) is 0 Å². The number of hydrogen-bond acceptors (Lipinski definition) is 2. The van der Waals surface area contributed by atoms with Crippen LogP contribution in [0.25, 0.3) is 0 Å². The second-order valence-electron chi connectivity index (χ2n) is 4.70. The molecule has 0 unspecified atom stereocenters. The van der Waals surface area contributed by atoms with Gasteiger partial charge in [-0.05, 0) is 25.0 Å². The zero-order valence-electron chi connectivity index (χ0n) is 10.3. The van der Waals surface area contributed by atoms with E-state index in [2.05, 4.69) is 16.4 Å². The molecule has 1 saturated carbocycles. The van der Waals surface area contributed by atoms with Gasteiger partial charge >= 0.3 is 0 Å². The van der Waals surface area contributed by atoms with Crippen molar-refractivity contribution in [2.45, 2.75) is 19.3 Å². The molecule has 1 aromatic carbocycles. The number of nitriles is 1. The molecule has 1 aliphatic carbocycles. The summed E-state index contributed by atoms with van der Waals surface area (Å²) in [7, 11) is 0. The highest BCUT2D eigenvalue weighted by atomic mass is 19.1. The third kappa shape index (κ3) is 2.99. The highest BCUT2D eigenvalue weighted by molar-refractivity contribution is 5.92. The number of nitrogens with two attached hydrogens (primary N) is 1. The Balaban J connectivity index is 2.02. The number of benzene rings is 1. The van der Waals surface area contributed by atoms with Crippen LogP contribution in [0.4, 0.5) is 14.5 Å². The summed E-state index contributed by atoms with van der Waals surface area (Å²) in [5.74, 6) is -1.20. The van der Waals surface area contributed by atoms with Gasteiger partial charge in [-0.2, -0.15) is 5.26 Å². The van der Waals surface area contributed by atoms with Crippen LogP contribution in [-0.4, -0.2) is 12.5 Å². The predicted molar refractivity (Wildman–Crippen MR) is 68.4 cm³/mol. The summed E-state index contributed by atoms with van der Waals surface area (Å²) in [6, 6.07) is 5.26. The Kier molecular flexibility index (Phi) is 3.65. The van der Waals surface area contributed by atoms with Gasteiger partial charge in [-0.15, -0.1) is 0 Å². The van der Waals surface area contributed by atoms with E-state index >= 15 is 0 Å².